The van der Waals surface area contributed by atoms with E-state index in [0.29, 0.717) is 23.1 Å². The van der Waals surface area contributed by atoms with Crippen molar-refractivity contribution in [2.75, 3.05) is 6.54 Å². The molecule has 1 aliphatic heterocycles. The van der Waals surface area contributed by atoms with Gasteiger partial charge in [-0.05, 0) is 56.2 Å². The van der Waals surface area contributed by atoms with Crippen LogP contribution >= 0.6 is 0 Å². The quantitative estimate of drug-likeness (QED) is 0.855. The molecule has 1 aromatic carbocycles. The van der Waals surface area contributed by atoms with Gasteiger partial charge in [0.2, 0.25) is 0 Å². The minimum atomic E-state index is -1.09. The molecule has 26 heavy (non-hydrogen) atoms. The van der Waals surface area contributed by atoms with Crippen molar-refractivity contribution >= 4 is 12.1 Å². The summed E-state index contributed by atoms with van der Waals surface area (Å²) in [7, 11) is 0. The second-order valence-electron chi connectivity index (χ2n) is 7.66. The van der Waals surface area contributed by atoms with E-state index in [0.717, 1.165) is 0 Å². The number of carbonyl (C=O) groups excluding carboxylic acids is 1. The molecule has 0 aromatic heterocycles. The van der Waals surface area contributed by atoms with Crippen LogP contribution in [-0.4, -0.2) is 40.3 Å². The van der Waals surface area contributed by atoms with Gasteiger partial charge in [-0.2, -0.15) is 0 Å². The summed E-state index contributed by atoms with van der Waals surface area (Å²) in [5.74, 6) is -1.22. The van der Waals surface area contributed by atoms with E-state index < -0.39 is 37.1 Å². The summed E-state index contributed by atoms with van der Waals surface area (Å²) in [6, 6.07) is 3.80. The first kappa shape index (κ1) is 20.1. The molecular weight excluding hydrogens is 344 g/mol. The van der Waals surface area contributed by atoms with Crippen LogP contribution < -0.4 is 0 Å². The fourth-order valence-corrected chi connectivity index (χ4v) is 3.22. The Morgan fingerprint density at radius 3 is 2.46 bits per heavy atom. The Hall–Kier alpha value is -2.18. The van der Waals surface area contributed by atoms with Gasteiger partial charge < -0.3 is 9.84 Å². The van der Waals surface area contributed by atoms with E-state index in [-0.39, 0.29) is 18.9 Å². The molecule has 0 radical (unpaired) electrons. The Bertz CT molecular complexity index is 672. The van der Waals surface area contributed by atoms with Gasteiger partial charge in [0.15, 0.2) is 0 Å². The first-order valence-corrected chi connectivity index (χ1v) is 8.59. The molecule has 1 fully saturated rings. The zero-order valence-electron chi connectivity index (χ0n) is 15.3. The molecule has 0 aliphatic carbocycles. The number of rotatable bonds is 5. The van der Waals surface area contributed by atoms with Crippen LogP contribution in [0.15, 0.2) is 18.2 Å². The summed E-state index contributed by atoms with van der Waals surface area (Å²) in [6.45, 7) is 4.00. The van der Waals surface area contributed by atoms with Crippen molar-refractivity contribution in [1.29, 1.82) is 0 Å². The molecular formula is C19H25F2NO4. The second-order valence-corrected chi connectivity index (χ2v) is 7.66. The Morgan fingerprint density at radius 1 is 1.23 bits per heavy atom. The average molecular weight is 369 g/mol. The number of hydrogen-bond donors (Lipinski definition) is 1. The van der Waals surface area contributed by atoms with Crippen LogP contribution in [0.4, 0.5) is 13.6 Å². The second kappa shape index (κ2) is 8.01. The van der Waals surface area contributed by atoms with Crippen molar-refractivity contribution in [3.63, 3.8) is 0 Å². The van der Waals surface area contributed by atoms with Gasteiger partial charge >= 0.3 is 12.1 Å². The molecule has 2 rings (SSSR count). The molecule has 1 amide bonds. The average Bonchev–Trinajstić information content (AvgIpc) is 2.98. The van der Waals surface area contributed by atoms with Crippen LogP contribution in [0.25, 0.3) is 0 Å². The van der Waals surface area contributed by atoms with E-state index >= 15 is 0 Å². The predicted molar refractivity (Wildman–Crippen MR) is 92.2 cm³/mol. The summed E-state index contributed by atoms with van der Waals surface area (Å²) in [6.07, 6.45) is 0.0333. The number of halogens is 2. The van der Waals surface area contributed by atoms with Crippen molar-refractivity contribution in [3.8, 4) is 0 Å². The van der Waals surface area contributed by atoms with E-state index in [4.69, 9.17) is 4.74 Å². The third kappa shape index (κ3) is 4.93. The van der Waals surface area contributed by atoms with Crippen molar-refractivity contribution < 1.29 is 28.2 Å². The van der Waals surface area contributed by atoms with Gasteiger partial charge in [0.25, 0.3) is 0 Å². The van der Waals surface area contributed by atoms with Gasteiger partial charge in [-0.3, -0.25) is 4.90 Å². The van der Waals surface area contributed by atoms with E-state index in [9.17, 15) is 23.5 Å². The molecule has 1 N–H and O–H groups in total. The van der Waals surface area contributed by atoms with Crippen LogP contribution in [0.2, 0.25) is 0 Å². The van der Waals surface area contributed by atoms with E-state index in [2.05, 4.69) is 0 Å². The molecule has 2 atom stereocenters. The molecule has 7 heteroatoms. The highest BCUT2D eigenvalue weighted by molar-refractivity contribution is 5.81. The maximum Gasteiger partial charge on any atom is 0.411 e. The number of amides is 1. The van der Waals surface area contributed by atoms with Gasteiger partial charge in [-0.15, -0.1) is 0 Å². The van der Waals surface area contributed by atoms with Gasteiger partial charge in [0.05, 0.1) is 0 Å². The number of hydrogen-bond acceptors (Lipinski definition) is 3. The zero-order valence-corrected chi connectivity index (χ0v) is 15.3. The smallest absolute Gasteiger partial charge is 0.411 e. The van der Waals surface area contributed by atoms with Gasteiger partial charge in [0, 0.05) is 6.54 Å². The Labute approximate surface area is 151 Å². The fourth-order valence-electron chi connectivity index (χ4n) is 3.22. The third-order valence-electron chi connectivity index (χ3n) is 4.38. The highest BCUT2D eigenvalue weighted by Gasteiger charge is 2.41. The van der Waals surface area contributed by atoms with E-state index in [1.54, 1.807) is 32.9 Å². The third-order valence-corrected chi connectivity index (χ3v) is 4.38. The summed E-state index contributed by atoms with van der Waals surface area (Å²) >= 11 is 0. The number of carbonyl (C=O) groups is 2. The van der Waals surface area contributed by atoms with Gasteiger partial charge in [-0.1, -0.05) is 18.2 Å². The largest absolute Gasteiger partial charge is 0.480 e. The molecule has 0 bridgehead atoms. The summed E-state index contributed by atoms with van der Waals surface area (Å²) in [5.41, 5.74) is 0.807. The molecule has 0 saturated carbocycles. The first-order chi connectivity index (χ1) is 12.1. The number of nitrogens with zero attached hydrogens (tertiary/aromatic N) is 1. The van der Waals surface area contributed by atoms with Crippen molar-refractivity contribution in [1.82, 2.24) is 4.90 Å². The minimum Gasteiger partial charge on any atom is -0.480 e. The molecule has 1 aromatic rings. The molecule has 0 spiro atoms. The van der Waals surface area contributed by atoms with Crippen molar-refractivity contribution in [3.05, 3.63) is 34.9 Å². The number of likely N-dealkylation sites (tertiary alicyclic amines) is 1. The number of aliphatic carboxylic acids is 1. The Morgan fingerprint density at radius 2 is 1.92 bits per heavy atom. The van der Waals surface area contributed by atoms with Gasteiger partial charge in [-0.25, -0.2) is 18.4 Å². The molecule has 144 valence electrons. The molecule has 1 aliphatic rings. The lowest BCUT2D eigenvalue weighted by atomic mass is 9.93. The highest BCUT2D eigenvalue weighted by atomic mass is 19.1. The SMILES string of the molecule is CC(C)(C)OC(=O)N1C[C@H](Cc2ccc(CF)cc2CF)C[C@H]1C(=O)O. The maximum absolute atomic E-state index is 13.3. The van der Waals surface area contributed by atoms with E-state index in [1.165, 1.54) is 11.0 Å². The predicted octanol–water partition coefficient (Wildman–Crippen LogP) is 3.88. The minimum absolute atomic E-state index is 0.134. The number of carboxylic acids is 1. The summed E-state index contributed by atoms with van der Waals surface area (Å²) in [5, 5.41) is 9.43. The normalized spacial score (nSPS) is 20.3. The fraction of sp³-hybridized carbons (Fsp3) is 0.579. The first-order valence-electron chi connectivity index (χ1n) is 8.59. The maximum atomic E-state index is 13.3. The molecule has 1 heterocycles. The number of carboxylic acid groups (broad SMARTS) is 1. The number of alkyl halides is 2. The standard InChI is InChI=1S/C19H25F2NO4/c1-19(2,3)26-18(25)22-11-13(8-16(22)17(23)24)7-14-5-4-12(9-20)6-15(14)10-21/h4-6,13,16H,7-11H2,1-3H3,(H,23,24)/t13-,16+/m1/s1. The molecule has 0 unspecified atom stereocenters. The van der Waals surface area contributed by atoms with Crippen LogP contribution in [0, 0.1) is 5.92 Å². The van der Waals surface area contributed by atoms with E-state index in [1.807, 2.05) is 0 Å². The molecule has 5 nitrogen and oxygen atoms in total. The number of benzene rings is 1. The monoisotopic (exact) mass is 369 g/mol. The number of ether oxygens (including phenoxy) is 1. The highest BCUT2D eigenvalue weighted by Crippen LogP contribution is 2.30. The lowest BCUT2D eigenvalue weighted by molar-refractivity contribution is -0.142. The van der Waals surface area contributed by atoms with Crippen molar-refractivity contribution in [2.24, 2.45) is 5.92 Å². The van der Waals surface area contributed by atoms with Crippen LogP contribution in [0.3, 0.4) is 0 Å². The van der Waals surface area contributed by atoms with Crippen LogP contribution in [0.5, 0.6) is 0 Å². The van der Waals surface area contributed by atoms with Crippen LogP contribution in [-0.2, 0) is 29.3 Å². The lowest BCUT2D eigenvalue weighted by Crippen LogP contribution is -2.43. The zero-order chi connectivity index (χ0) is 19.5. The Kier molecular flexibility index (Phi) is 6.21. The van der Waals surface area contributed by atoms with Crippen molar-refractivity contribution in [2.45, 2.75) is 58.6 Å². The van der Waals surface area contributed by atoms with Gasteiger partial charge in [0.1, 0.15) is 25.0 Å². The Balaban J connectivity index is 2.15. The van der Waals surface area contributed by atoms with Crippen LogP contribution in [0.1, 0.15) is 43.9 Å². The lowest BCUT2D eigenvalue weighted by Gasteiger charge is -2.26. The topological polar surface area (TPSA) is 66.8 Å². The summed E-state index contributed by atoms with van der Waals surface area (Å²) in [4.78, 5) is 25.1. The molecule has 1 saturated heterocycles. The summed E-state index contributed by atoms with van der Waals surface area (Å²) < 4.78 is 31.3.